The first-order valence-corrected chi connectivity index (χ1v) is 5.09. The summed E-state index contributed by atoms with van der Waals surface area (Å²) in [6.45, 7) is 0. The second-order valence-corrected chi connectivity index (χ2v) is 3.57. The minimum atomic E-state index is 0.182. The van der Waals surface area contributed by atoms with Gasteiger partial charge in [-0.15, -0.1) is 0 Å². The van der Waals surface area contributed by atoms with Crippen LogP contribution in [0.25, 0.3) is 0 Å². The van der Waals surface area contributed by atoms with Crippen LogP contribution in [0.3, 0.4) is 0 Å². The minimum absolute atomic E-state index is 0.182. The van der Waals surface area contributed by atoms with Crippen LogP contribution in [0.5, 0.6) is 0 Å². The fraction of sp³-hybridized carbons (Fsp3) is 0.200. The molecule has 2 rings (SSSR count). The van der Waals surface area contributed by atoms with Crippen LogP contribution in [0.4, 0.5) is 0 Å². The Kier molecular flexibility index (Phi) is 2.47. The summed E-state index contributed by atoms with van der Waals surface area (Å²) in [5.74, 6) is 0.959. The first kappa shape index (κ1) is 8.53. The lowest BCUT2D eigenvalue weighted by Gasteiger charge is -2.11. The van der Waals surface area contributed by atoms with Crippen molar-refractivity contribution in [1.29, 1.82) is 0 Å². The average Bonchev–Trinajstić information content (AvgIpc) is 2.76. The summed E-state index contributed by atoms with van der Waals surface area (Å²) in [7, 11) is 1.94. The fourth-order valence-electron chi connectivity index (χ4n) is 1.37. The Morgan fingerprint density at radius 1 is 1.46 bits per heavy atom. The smallest absolute Gasteiger partial charge is 0.125 e. The summed E-state index contributed by atoms with van der Waals surface area (Å²) in [6.07, 6.45) is 1.70. The van der Waals surface area contributed by atoms with Crippen LogP contribution < -0.4 is 5.32 Å². The van der Waals surface area contributed by atoms with Crippen molar-refractivity contribution in [2.75, 3.05) is 7.05 Å². The molecule has 0 aliphatic carbocycles. The molecule has 2 aromatic rings. The van der Waals surface area contributed by atoms with E-state index >= 15 is 0 Å². The predicted octanol–water partition coefficient (Wildman–Crippen LogP) is 2.65. The first-order chi connectivity index (χ1) is 6.42. The monoisotopic (exact) mass is 193 g/mol. The van der Waals surface area contributed by atoms with Gasteiger partial charge in [0.2, 0.25) is 0 Å². The lowest BCUT2D eigenvalue weighted by Crippen LogP contribution is -2.16. The fourth-order valence-corrected chi connectivity index (χ4v) is 2.05. The molecule has 0 bridgehead atoms. The highest BCUT2D eigenvalue weighted by Gasteiger charge is 2.13. The summed E-state index contributed by atoms with van der Waals surface area (Å²) in [5, 5.41) is 7.42. The van der Waals surface area contributed by atoms with E-state index in [2.05, 4.69) is 22.1 Å². The van der Waals surface area contributed by atoms with Gasteiger partial charge in [-0.05, 0) is 41.6 Å². The molecule has 0 aliphatic rings. The van der Waals surface area contributed by atoms with E-state index in [1.165, 1.54) is 5.56 Å². The Balaban J connectivity index is 2.29. The van der Waals surface area contributed by atoms with Crippen molar-refractivity contribution >= 4 is 11.3 Å². The molecule has 0 fully saturated rings. The summed E-state index contributed by atoms with van der Waals surface area (Å²) in [6, 6.07) is 6.18. The molecule has 2 aromatic heterocycles. The van der Waals surface area contributed by atoms with Gasteiger partial charge in [0.25, 0.3) is 0 Å². The van der Waals surface area contributed by atoms with E-state index in [9.17, 15) is 0 Å². The van der Waals surface area contributed by atoms with Crippen LogP contribution in [0.2, 0.25) is 0 Å². The van der Waals surface area contributed by atoms with Gasteiger partial charge >= 0.3 is 0 Å². The molecule has 1 unspecified atom stereocenters. The molecule has 13 heavy (non-hydrogen) atoms. The molecule has 2 nitrogen and oxygen atoms in total. The summed E-state index contributed by atoms with van der Waals surface area (Å²) in [5.41, 5.74) is 1.25. The van der Waals surface area contributed by atoms with Gasteiger partial charge in [0, 0.05) is 0 Å². The van der Waals surface area contributed by atoms with Gasteiger partial charge in [0.1, 0.15) is 5.76 Å². The van der Waals surface area contributed by atoms with Crippen LogP contribution >= 0.6 is 11.3 Å². The maximum Gasteiger partial charge on any atom is 0.125 e. The zero-order valence-corrected chi connectivity index (χ0v) is 8.17. The van der Waals surface area contributed by atoms with Crippen LogP contribution in [0, 0.1) is 0 Å². The van der Waals surface area contributed by atoms with Gasteiger partial charge in [-0.3, -0.25) is 0 Å². The zero-order chi connectivity index (χ0) is 9.10. The molecular weight excluding hydrogens is 182 g/mol. The SMILES string of the molecule is CNC(c1ccsc1)c1ccco1. The zero-order valence-electron chi connectivity index (χ0n) is 7.36. The average molecular weight is 193 g/mol. The predicted molar refractivity (Wildman–Crippen MR) is 53.9 cm³/mol. The van der Waals surface area contributed by atoms with E-state index in [1.807, 2.05) is 19.2 Å². The maximum absolute atomic E-state index is 5.35. The molecule has 0 aliphatic heterocycles. The number of nitrogens with one attached hydrogen (secondary N) is 1. The number of hydrogen-bond acceptors (Lipinski definition) is 3. The van der Waals surface area contributed by atoms with Gasteiger partial charge in [0.15, 0.2) is 0 Å². The van der Waals surface area contributed by atoms with Crippen LogP contribution in [-0.2, 0) is 0 Å². The third-order valence-corrected chi connectivity index (χ3v) is 2.69. The van der Waals surface area contributed by atoms with Crippen molar-refractivity contribution in [1.82, 2.24) is 5.32 Å². The Bertz CT molecular complexity index is 305. The van der Waals surface area contributed by atoms with E-state index in [0.29, 0.717) is 0 Å². The second kappa shape index (κ2) is 3.77. The molecule has 3 heteroatoms. The van der Waals surface area contributed by atoms with Gasteiger partial charge in [-0.2, -0.15) is 11.3 Å². The van der Waals surface area contributed by atoms with Crippen molar-refractivity contribution in [2.45, 2.75) is 6.04 Å². The Labute approximate surface area is 81.2 Å². The summed E-state index contributed by atoms with van der Waals surface area (Å²) in [4.78, 5) is 0. The van der Waals surface area contributed by atoms with Crippen molar-refractivity contribution < 1.29 is 4.42 Å². The van der Waals surface area contributed by atoms with Crippen molar-refractivity contribution in [3.63, 3.8) is 0 Å². The van der Waals surface area contributed by atoms with E-state index in [4.69, 9.17) is 4.42 Å². The van der Waals surface area contributed by atoms with Gasteiger partial charge < -0.3 is 9.73 Å². The molecular formula is C10H11NOS. The van der Waals surface area contributed by atoms with Crippen LogP contribution in [0.1, 0.15) is 17.4 Å². The first-order valence-electron chi connectivity index (χ1n) is 4.14. The van der Waals surface area contributed by atoms with E-state index in [1.54, 1.807) is 17.6 Å². The maximum atomic E-state index is 5.35. The molecule has 0 spiro atoms. The number of hydrogen-bond donors (Lipinski definition) is 1. The standard InChI is InChI=1S/C10H11NOS/c1-11-10(8-4-6-13-7-8)9-3-2-5-12-9/h2-7,10-11H,1H3. The quantitative estimate of drug-likeness (QED) is 0.810. The minimum Gasteiger partial charge on any atom is -0.467 e. The third kappa shape index (κ3) is 1.66. The summed E-state index contributed by atoms with van der Waals surface area (Å²) >= 11 is 1.70. The Morgan fingerprint density at radius 2 is 2.38 bits per heavy atom. The third-order valence-electron chi connectivity index (χ3n) is 1.99. The summed E-state index contributed by atoms with van der Waals surface area (Å²) < 4.78 is 5.35. The molecule has 0 aromatic carbocycles. The Morgan fingerprint density at radius 3 is 2.92 bits per heavy atom. The molecule has 0 saturated carbocycles. The van der Waals surface area contributed by atoms with Crippen LogP contribution in [-0.4, -0.2) is 7.05 Å². The van der Waals surface area contributed by atoms with Gasteiger partial charge in [0.05, 0.1) is 12.3 Å². The van der Waals surface area contributed by atoms with E-state index in [0.717, 1.165) is 5.76 Å². The molecule has 0 amide bonds. The molecule has 68 valence electrons. The van der Waals surface area contributed by atoms with Gasteiger partial charge in [-0.25, -0.2) is 0 Å². The van der Waals surface area contributed by atoms with Crippen molar-refractivity contribution in [2.24, 2.45) is 0 Å². The molecule has 0 saturated heterocycles. The highest BCUT2D eigenvalue weighted by atomic mass is 32.1. The highest BCUT2D eigenvalue weighted by molar-refractivity contribution is 7.07. The largest absolute Gasteiger partial charge is 0.467 e. The second-order valence-electron chi connectivity index (χ2n) is 2.79. The lowest BCUT2D eigenvalue weighted by molar-refractivity contribution is 0.464. The highest BCUT2D eigenvalue weighted by Crippen LogP contribution is 2.23. The van der Waals surface area contributed by atoms with Crippen molar-refractivity contribution in [3.8, 4) is 0 Å². The number of furan rings is 1. The molecule has 1 N–H and O–H groups in total. The van der Waals surface area contributed by atoms with E-state index < -0.39 is 0 Å². The normalized spacial score (nSPS) is 13.0. The lowest BCUT2D eigenvalue weighted by atomic mass is 10.1. The molecule has 2 heterocycles. The Hall–Kier alpha value is -1.06. The number of thiophene rings is 1. The molecule has 1 atom stereocenters. The van der Waals surface area contributed by atoms with E-state index in [-0.39, 0.29) is 6.04 Å². The van der Waals surface area contributed by atoms with Crippen LogP contribution in [0.15, 0.2) is 39.6 Å². The molecule has 0 radical (unpaired) electrons. The van der Waals surface area contributed by atoms with Crippen molar-refractivity contribution in [3.05, 3.63) is 46.5 Å². The topological polar surface area (TPSA) is 25.2 Å². The number of rotatable bonds is 3. The van der Waals surface area contributed by atoms with Gasteiger partial charge in [-0.1, -0.05) is 0 Å².